The molecule has 35 heavy (non-hydrogen) atoms. The number of hydrazine groups is 1. The first kappa shape index (κ1) is 25.3. The van der Waals surface area contributed by atoms with Crippen molar-refractivity contribution < 1.29 is 40.7 Å². The van der Waals surface area contributed by atoms with E-state index in [2.05, 4.69) is 5.32 Å². The van der Waals surface area contributed by atoms with Crippen molar-refractivity contribution in [3.8, 4) is 0 Å². The monoisotopic (exact) mass is 495 g/mol. The molecule has 0 aromatic heterocycles. The first-order valence-electron chi connectivity index (χ1n) is 9.71. The molecule has 0 saturated heterocycles. The normalized spacial score (nSPS) is 11.5. The van der Waals surface area contributed by atoms with Gasteiger partial charge in [-0.1, -0.05) is 18.2 Å². The maximum absolute atomic E-state index is 12.9. The van der Waals surface area contributed by atoms with Crippen LogP contribution in [0.4, 0.5) is 32.0 Å². The van der Waals surface area contributed by atoms with E-state index in [4.69, 9.17) is 0 Å². The Labute approximate surface area is 193 Å². The molecule has 3 rings (SSSR count). The minimum atomic E-state index is -4.65. The van der Waals surface area contributed by atoms with Gasteiger partial charge in [0.25, 0.3) is 17.7 Å². The van der Waals surface area contributed by atoms with E-state index in [1.165, 1.54) is 30.3 Å². The number of hydrogen-bond acceptors (Lipinski definition) is 3. The molecule has 0 radical (unpaired) electrons. The third kappa shape index (κ3) is 6.59. The third-order valence-electron chi connectivity index (χ3n) is 4.58. The van der Waals surface area contributed by atoms with Crippen LogP contribution in [0.25, 0.3) is 0 Å². The van der Waals surface area contributed by atoms with Crippen LogP contribution in [-0.4, -0.2) is 17.7 Å². The average Bonchev–Trinajstić information content (AvgIpc) is 2.81. The summed E-state index contributed by atoms with van der Waals surface area (Å²) in [7, 11) is 0. The highest BCUT2D eigenvalue weighted by Crippen LogP contribution is 2.30. The van der Waals surface area contributed by atoms with Crippen LogP contribution in [0.1, 0.15) is 42.2 Å². The van der Waals surface area contributed by atoms with Crippen LogP contribution < -0.4 is 16.2 Å². The number of amides is 3. The van der Waals surface area contributed by atoms with Gasteiger partial charge in [-0.2, -0.15) is 26.3 Å². The molecule has 0 unspecified atom stereocenters. The van der Waals surface area contributed by atoms with Crippen LogP contribution in [0, 0.1) is 0 Å². The van der Waals surface area contributed by atoms with Gasteiger partial charge in [-0.25, -0.2) is 0 Å². The lowest BCUT2D eigenvalue weighted by Crippen LogP contribution is -2.41. The lowest BCUT2D eigenvalue weighted by Gasteiger charge is -2.11. The lowest BCUT2D eigenvalue weighted by molar-refractivity contribution is -0.138. The van der Waals surface area contributed by atoms with E-state index >= 15 is 0 Å². The highest BCUT2D eigenvalue weighted by molar-refractivity contribution is 6.05. The van der Waals surface area contributed by atoms with Gasteiger partial charge in [0.2, 0.25) is 0 Å². The molecule has 0 heterocycles. The van der Waals surface area contributed by atoms with Gasteiger partial charge in [-0.05, 0) is 54.6 Å². The van der Waals surface area contributed by atoms with Crippen molar-refractivity contribution >= 4 is 23.4 Å². The minimum absolute atomic E-state index is 0.0591. The second kappa shape index (κ2) is 9.87. The largest absolute Gasteiger partial charge is 0.416 e. The highest BCUT2D eigenvalue weighted by Gasteiger charge is 2.31. The Morgan fingerprint density at radius 1 is 0.543 bits per heavy atom. The van der Waals surface area contributed by atoms with E-state index in [-0.39, 0.29) is 22.4 Å². The summed E-state index contributed by atoms with van der Waals surface area (Å²) in [6, 6.07) is 12.6. The quantitative estimate of drug-likeness (QED) is 0.350. The minimum Gasteiger partial charge on any atom is -0.322 e. The van der Waals surface area contributed by atoms with E-state index < -0.39 is 41.2 Å². The molecule has 0 bridgehead atoms. The van der Waals surface area contributed by atoms with Gasteiger partial charge in [0.05, 0.1) is 11.1 Å². The Morgan fingerprint density at radius 3 is 1.40 bits per heavy atom. The van der Waals surface area contributed by atoms with E-state index in [9.17, 15) is 40.7 Å². The number of benzene rings is 3. The summed E-state index contributed by atoms with van der Waals surface area (Å²) >= 11 is 0. The van der Waals surface area contributed by atoms with Crippen molar-refractivity contribution in [2.75, 3.05) is 5.32 Å². The number of nitrogens with one attached hydrogen (secondary N) is 3. The standard InChI is InChI=1S/C23H15F6N3O3/c24-22(25,26)16-7-1-4-13(10-16)19(33)30-18-9-3-6-15(12-18)21(35)32-31-20(34)14-5-2-8-17(11-14)23(27,28)29/h1-12H,(H,30,33)(H,31,34)(H,32,35). The fourth-order valence-corrected chi connectivity index (χ4v) is 2.87. The van der Waals surface area contributed by atoms with Crippen LogP contribution in [0.3, 0.4) is 0 Å². The number of anilines is 1. The first-order valence-corrected chi connectivity index (χ1v) is 9.71. The van der Waals surface area contributed by atoms with Gasteiger partial charge in [0.1, 0.15) is 0 Å². The summed E-state index contributed by atoms with van der Waals surface area (Å²) in [4.78, 5) is 36.8. The molecule has 3 amide bonds. The van der Waals surface area contributed by atoms with Gasteiger partial charge < -0.3 is 5.32 Å². The first-order chi connectivity index (χ1) is 16.3. The summed E-state index contributed by atoms with van der Waals surface area (Å²) in [5.74, 6) is -2.72. The predicted octanol–water partition coefficient (Wildman–Crippen LogP) is 5.05. The summed E-state index contributed by atoms with van der Waals surface area (Å²) < 4.78 is 76.9. The molecular formula is C23H15F6N3O3. The van der Waals surface area contributed by atoms with Crippen molar-refractivity contribution in [3.05, 3.63) is 101 Å². The summed E-state index contributed by atoms with van der Waals surface area (Å²) in [5.41, 5.74) is 1.38. The van der Waals surface area contributed by atoms with E-state index in [0.29, 0.717) is 12.1 Å². The van der Waals surface area contributed by atoms with Gasteiger partial charge in [-0.3, -0.25) is 25.2 Å². The van der Waals surface area contributed by atoms with Crippen LogP contribution >= 0.6 is 0 Å². The molecule has 3 aromatic rings. The van der Waals surface area contributed by atoms with Gasteiger partial charge in [0.15, 0.2) is 0 Å². The van der Waals surface area contributed by atoms with Gasteiger partial charge in [0, 0.05) is 22.4 Å². The molecule has 0 atom stereocenters. The Kier molecular flexibility index (Phi) is 7.13. The Bertz CT molecular complexity index is 1270. The number of rotatable bonds is 4. The maximum Gasteiger partial charge on any atom is 0.416 e. The second-order valence-corrected chi connectivity index (χ2v) is 7.10. The highest BCUT2D eigenvalue weighted by atomic mass is 19.4. The zero-order chi connectivity index (χ0) is 25.8. The van der Waals surface area contributed by atoms with Crippen LogP contribution in [0.2, 0.25) is 0 Å². The molecule has 0 aliphatic rings. The Morgan fingerprint density at radius 2 is 0.943 bits per heavy atom. The maximum atomic E-state index is 12.9. The van der Waals surface area contributed by atoms with Crippen molar-refractivity contribution in [3.63, 3.8) is 0 Å². The van der Waals surface area contributed by atoms with Crippen molar-refractivity contribution in [1.29, 1.82) is 0 Å². The summed E-state index contributed by atoms with van der Waals surface area (Å²) in [6.07, 6.45) is -9.29. The average molecular weight is 495 g/mol. The molecule has 0 spiro atoms. The van der Waals surface area contributed by atoms with Crippen molar-refractivity contribution in [2.24, 2.45) is 0 Å². The summed E-state index contributed by atoms with van der Waals surface area (Å²) in [6.45, 7) is 0. The molecule has 0 aliphatic carbocycles. The molecule has 0 aliphatic heterocycles. The lowest BCUT2D eigenvalue weighted by atomic mass is 10.1. The molecule has 3 N–H and O–H groups in total. The van der Waals surface area contributed by atoms with E-state index in [1.807, 2.05) is 10.9 Å². The number of halogens is 6. The summed E-state index contributed by atoms with van der Waals surface area (Å²) in [5, 5.41) is 2.36. The van der Waals surface area contributed by atoms with E-state index in [1.54, 1.807) is 0 Å². The fraction of sp³-hybridized carbons (Fsp3) is 0.0870. The third-order valence-corrected chi connectivity index (χ3v) is 4.58. The van der Waals surface area contributed by atoms with E-state index in [0.717, 1.165) is 30.3 Å². The van der Waals surface area contributed by atoms with Gasteiger partial charge >= 0.3 is 12.4 Å². The second-order valence-electron chi connectivity index (χ2n) is 7.10. The predicted molar refractivity (Wildman–Crippen MR) is 112 cm³/mol. The number of alkyl halides is 6. The SMILES string of the molecule is O=C(NNC(=O)c1cccc(C(F)(F)F)c1)c1cccc(NC(=O)c2cccc(C(F)(F)F)c2)c1. The smallest absolute Gasteiger partial charge is 0.322 e. The molecule has 12 heteroatoms. The zero-order valence-corrected chi connectivity index (χ0v) is 17.4. The Hall–Kier alpha value is -4.35. The number of carbonyl (C=O) groups is 3. The van der Waals surface area contributed by atoms with Crippen molar-refractivity contribution in [2.45, 2.75) is 12.4 Å². The van der Waals surface area contributed by atoms with Crippen LogP contribution in [0.5, 0.6) is 0 Å². The van der Waals surface area contributed by atoms with Gasteiger partial charge in [-0.15, -0.1) is 0 Å². The molecular weight excluding hydrogens is 480 g/mol. The number of hydrogen-bond donors (Lipinski definition) is 3. The zero-order valence-electron chi connectivity index (χ0n) is 17.4. The number of carbonyl (C=O) groups excluding carboxylic acids is 3. The molecule has 0 fully saturated rings. The Balaban J connectivity index is 1.65. The molecule has 182 valence electrons. The molecule has 6 nitrogen and oxygen atoms in total. The molecule has 0 saturated carbocycles. The molecule has 3 aromatic carbocycles. The topological polar surface area (TPSA) is 87.3 Å². The van der Waals surface area contributed by atoms with Crippen molar-refractivity contribution in [1.82, 2.24) is 10.9 Å². The van der Waals surface area contributed by atoms with Crippen LogP contribution in [-0.2, 0) is 12.4 Å². The fourth-order valence-electron chi connectivity index (χ4n) is 2.87. The van der Waals surface area contributed by atoms with Crippen LogP contribution in [0.15, 0.2) is 72.8 Å².